The van der Waals surface area contributed by atoms with Crippen molar-refractivity contribution in [3.8, 4) is 0 Å². The van der Waals surface area contributed by atoms with Crippen molar-refractivity contribution in [1.29, 1.82) is 0 Å². The molecule has 28 heavy (non-hydrogen) atoms. The van der Waals surface area contributed by atoms with Crippen LogP contribution >= 0.6 is 0 Å². The third kappa shape index (κ3) is 6.33. The molecule has 0 spiro atoms. The molecule has 1 aromatic rings. The van der Waals surface area contributed by atoms with E-state index < -0.39 is 0 Å². The highest BCUT2D eigenvalue weighted by Gasteiger charge is 2.28. The fourth-order valence-electron chi connectivity index (χ4n) is 4.54. The van der Waals surface area contributed by atoms with Gasteiger partial charge in [-0.05, 0) is 68.7 Å². The fourth-order valence-corrected chi connectivity index (χ4v) is 4.54. The van der Waals surface area contributed by atoms with Gasteiger partial charge in [0.2, 0.25) is 11.8 Å². The molecule has 0 bridgehead atoms. The molecule has 3 rings (SSSR count). The molecule has 2 aliphatic carbocycles. The summed E-state index contributed by atoms with van der Waals surface area (Å²) in [5, 5.41) is 9.59. The van der Waals surface area contributed by atoms with Gasteiger partial charge in [0.1, 0.15) is 0 Å². The molecule has 0 aliphatic heterocycles. The third-order valence-electron chi connectivity index (χ3n) is 6.19. The van der Waals surface area contributed by atoms with Crippen LogP contribution in [0.3, 0.4) is 0 Å². The maximum atomic E-state index is 12.6. The van der Waals surface area contributed by atoms with E-state index in [1.807, 2.05) is 18.2 Å². The zero-order valence-corrected chi connectivity index (χ0v) is 17.1. The van der Waals surface area contributed by atoms with E-state index in [4.69, 9.17) is 0 Å². The van der Waals surface area contributed by atoms with Crippen molar-refractivity contribution < 1.29 is 9.59 Å². The second kappa shape index (κ2) is 10.6. The molecule has 0 radical (unpaired) electrons. The highest BCUT2D eigenvalue weighted by Crippen LogP contribution is 2.29. The molecule has 0 atom stereocenters. The molecule has 5 nitrogen and oxygen atoms in total. The van der Waals surface area contributed by atoms with E-state index in [1.54, 1.807) is 0 Å². The van der Waals surface area contributed by atoms with Gasteiger partial charge in [0.25, 0.3) is 0 Å². The van der Waals surface area contributed by atoms with Gasteiger partial charge in [0.15, 0.2) is 0 Å². The van der Waals surface area contributed by atoms with Crippen molar-refractivity contribution in [2.75, 3.05) is 11.9 Å². The highest BCUT2D eigenvalue weighted by atomic mass is 16.2. The van der Waals surface area contributed by atoms with Gasteiger partial charge in [-0.3, -0.25) is 9.59 Å². The van der Waals surface area contributed by atoms with Crippen LogP contribution in [0, 0.1) is 11.8 Å². The highest BCUT2D eigenvalue weighted by molar-refractivity contribution is 5.92. The van der Waals surface area contributed by atoms with Crippen LogP contribution in [0.15, 0.2) is 24.3 Å². The Labute approximate surface area is 169 Å². The predicted octanol–water partition coefficient (Wildman–Crippen LogP) is 3.99. The summed E-state index contributed by atoms with van der Waals surface area (Å²) in [7, 11) is 0. The average Bonchev–Trinajstić information content (AvgIpc) is 3.20. The number of rotatable bonds is 8. The molecular weight excluding hydrogens is 350 g/mol. The van der Waals surface area contributed by atoms with E-state index in [0.717, 1.165) is 44.5 Å². The first kappa shape index (κ1) is 20.8. The monoisotopic (exact) mass is 385 g/mol. The molecule has 2 amide bonds. The minimum atomic E-state index is 0.0420. The van der Waals surface area contributed by atoms with Crippen LogP contribution in [-0.4, -0.2) is 24.4 Å². The topological polar surface area (TPSA) is 70.2 Å². The number of carbonyl (C=O) groups excluding carboxylic acids is 2. The largest absolute Gasteiger partial charge is 0.353 e. The van der Waals surface area contributed by atoms with Gasteiger partial charge < -0.3 is 16.0 Å². The summed E-state index contributed by atoms with van der Waals surface area (Å²) in [5.41, 5.74) is 2.04. The van der Waals surface area contributed by atoms with E-state index in [9.17, 15) is 9.59 Å². The lowest BCUT2D eigenvalue weighted by atomic mass is 9.85. The van der Waals surface area contributed by atoms with Crippen LogP contribution < -0.4 is 16.0 Å². The molecule has 2 fully saturated rings. The first-order chi connectivity index (χ1) is 13.6. The Balaban J connectivity index is 1.40. The Morgan fingerprint density at radius 3 is 2.50 bits per heavy atom. The Morgan fingerprint density at radius 1 is 1.04 bits per heavy atom. The number of carbonyl (C=O) groups is 2. The van der Waals surface area contributed by atoms with Gasteiger partial charge in [-0.25, -0.2) is 0 Å². The maximum Gasteiger partial charge on any atom is 0.227 e. The lowest BCUT2D eigenvalue weighted by Gasteiger charge is -2.28. The van der Waals surface area contributed by atoms with Crippen LogP contribution in [0.4, 0.5) is 5.69 Å². The predicted molar refractivity (Wildman–Crippen MR) is 113 cm³/mol. The number of nitrogens with one attached hydrogen (secondary N) is 3. The van der Waals surface area contributed by atoms with Crippen molar-refractivity contribution in [2.24, 2.45) is 11.8 Å². The van der Waals surface area contributed by atoms with Crippen molar-refractivity contribution in [3.63, 3.8) is 0 Å². The van der Waals surface area contributed by atoms with E-state index in [2.05, 4.69) is 28.9 Å². The van der Waals surface area contributed by atoms with E-state index >= 15 is 0 Å². The minimum absolute atomic E-state index is 0.0420. The SMILES string of the molecule is CCNCc1cccc(NC(=O)C2CCC(NC(=O)CC3CCCC3)CC2)c1. The van der Waals surface area contributed by atoms with E-state index in [0.29, 0.717) is 12.3 Å². The number of anilines is 1. The average molecular weight is 386 g/mol. The molecule has 1 aromatic carbocycles. The minimum Gasteiger partial charge on any atom is -0.353 e. The second-order valence-electron chi connectivity index (χ2n) is 8.44. The van der Waals surface area contributed by atoms with Crippen molar-refractivity contribution in [1.82, 2.24) is 10.6 Å². The van der Waals surface area contributed by atoms with Crippen molar-refractivity contribution in [2.45, 2.75) is 77.3 Å². The van der Waals surface area contributed by atoms with Gasteiger partial charge in [0, 0.05) is 30.6 Å². The molecule has 2 saturated carbocycles. The Hall–Kier alpha value is -1.88. The smallest absolute Gasteiger partial charge is 0.227 e. The lowest BCUT2D eigenvalue weighted by Crippen LogP contribution is -2.40. The Morgan fingerprint density at radius 2 is 1.79 bits per heavy atom. The van der Waals surface area contributed by atoms with E-state index in [-0.39, 0.29) is 23.8 Å². The molecule has 0 heterocycles. The van der Waals surface area contributed by atoms with Gasteiger partial charge in [-0.1, -0.05) is 31.9 Å². The van der Waals surface area contributed by atoms with E-state index in [1.165, 1.54) is 31.2 Å². The molecule has 0 unspecified atom stereocenters. The summed E-state index contributed by atoms with van der Waals surface area (Å²) in [5.74, 6) is 0.944. The fraction of sp³-hybridized carbons (Fsp3) is 0.652. The summed E-state index contributed by atoms with van der Waals surface area (Å²) in [4.78, 5) is 24.9. The zero-order chi connectivity index (χ0) is 19.8. The number of amides is 2. The van der Waals surface area contributed by atoms with Gasteiger partial charge in [-0.2, -0.15) is 0 Å². The quantitative estimate of drug-likeness (QED) is 0.634. The Kier molecular flexibility index (Phi) is 7.90. The number of hydrogen-bond donors (Lipinski definition) is 3. The van der Waals surface area contributed by atoms with Crippen LogP contribution in [-0.2, 0) is 16.1 Å². The summed E-state index contributed by atoms with van der Waals surface area (Å²) in [6.45, 7) is 3.82. The first-order valence-corrected chi connectivity index (χ1v) is 11.0. The van der Waals surface area contributed by atoms with Crippen molar-refractivity contribution in [3.05, 3.63) is 29.8 Å². The molecule has 3 N–H and O–H groups in total. The third-order valence-corrected chi connectivity index (χ3v) is 6.19. The molecule has 2 aliphatic rings. The summed E-state index contributed by atoms with van der Waals surface area (Å²) in [6, 6.07) is 8.27. The lowest BCUT2D eigenvalue weighted by molar-refractivity contribution is -0.123. The summed E-state index contributed by atoms with van der Waals surface area (Å²) >= 11 is 0. The zero-order valence-electron chi connectivity index (χ0n) is 17.1. The summed E-state index contributed by atoms with van der Waals surface area (Å²) < 4.78 is 0. The summed E-state index contributed by atoms with van der Waals surface area (Å²) in [6.07, 6.45) is 9.13. The van der Waals surface area contributed by atoms with Gasteiger partial charge in [0.05, 0.1) is 0 Å². The maximum absolute atomic E-state index is 12.6. The molecule has 154 valence electrons. The number of hydrogen-bond acceptors (Lipinski definition) is 3. The van der Waals surface area contributed by atoms with Crippen LogP contribution in [0.1, 0.15) is 70.3 Å². The van der Waals surface area contributed by atoms with Crippen LogP contribution in [0.5, 0.6) is 0 Å². The molecule has 0 saturated heterocycles. The molecular formula is C23H35N3O2. The van der Waals surface area contributed by atoms with Gasteiger partial charge in [-0.15, -0.1) is 0 Å². The molecule has 5 heteroatoms. The van der Waals surface area contributed by atoms with Crippen molar-refractivity contribution >= 4 is 17.5 Å². The normalized spacial score (nSPS) is 22.8. The number of benzene rings is 1. The second-order valence-corrected chi connectivity index (χ2v) is 8.44. The molecule has 0 aromatic heterocycles. The first-order valence-electron chi connectivity index (χ1n) is 11.0. The van der Waals surface area contributed by atoms with Crippen LogP contribution in [0.25, 0.3) is 0 Å². The Bertz CT molecular complexity index is 647. The van der Waals surface area contributed by atoms with Gasteiger partial charge >= 0.3 is 0 Å². The van der Waals surface area contributed by atoms with Crippen LogP contribution in [0.2, 0.25) is 0 Å². The standard InChI is InChI=1S/C23H35N3O2/c1-2-24-16-18-8-5-9-21(14-18)26-23(28)19-10-12-20(13-11-19)25-22(27)15-17-6-3-4-7-17/h5,8-9,14,17,19-20,24H,2-4,6-7,10-13,15-16H2,1H3,(H,25,27)(H,26,28).